The van der Waals surface area contributed by atoms with E-state index in [1.165, 1.54) is 12.1 Å². The van der Waals surface area contributed by atoms with Crippen LogP contribution in [0.5, 0.6) is 0 Å². The van der Waals surface area contributed by atoms with Crippen molar-refractivity contribution in [3.63, 3.8) is 0 Å². The molecule has 0 aliphatic carbocycles. The molecule has 2 N–H and O–H groups in total. The summed E-state index contributed by atoms with van der Waals surface area (Å²) in [5.74, 6) is 1.08. The number of aromatic nitrogens is 2. The molecule has 1 saturated heterocycles. The fourth-order valence-electron chi connectivity index (χ4n) is 3.84. The van der Waals surface area contributed by atoms with E-state index < -0.39 is 0 Å². The smallest absolute Gasteiger partial charge is 0.224 e. The van der Waals surface area contributed by atoms with E-state index in [0.717, 1.165) is 54.1 Å². The van der Waals surface area contributed by atoms with Crippen molar-refractivity contribution in [2.75, 3.05) is 18.4 Å². The summed E-state index contributed by atoms with van der Waals surface area (Å²) >= 11 is 0. The molecule has 1 aromatic heterocycles. The lowest BCUT2D eigenvalue weighted by Gasteiger charge is -2.12. The molecule has 2 heterocycles. The van der Waals surface area contributed by atoms with Gasteiger partial charge in [-0.1, -0.05) is 12.1 Å². The second kappa shape index (κ2) is 10.2. The van der Waals surface area contributed by atoms with E-state index in [-0.39, 0.29) is 36.5 Å². The van der Waals surface area contributed by atoms with Crippen molar-refractivity contribution in [2.45, 2.75) is 26.2 Å². The maximum Gasteiger partial charge on any atom is 0.224 e. The molecule has 2 aromatic carbocycles. The summed E-state index contributed by atoms with van der Waals surface area (Å²) < 4.78 is 15.5. The summed E-state index contributed by atoms with van der Waals surface area (Å²) in [7, 11) is 1.91. The van der Waals surface area contributed by atoms with Crippen molar-refractivity contribution in [3.05, 3.63) is 47.8 Å². The number of imidazole rings is 1. The molecule has 3 aromatic rings. The van der Waals surface area contributed by atoms with Gasteiger partial charge in [0.25, 0.3) is 0 Å². The van der Waals surface area contributed by atoms with Gasteiger partial charge in [0, 0.05) is 30.8 Å². The van der Waals surface area contributed by atoms with Crippen LogP contribution in [0.4, 0.5) is 10.1 Å². The van der Waals surface area contributed by atoms with Crippen LogP contribution < -0.4 is 10.6 Å². The van der Waals surface area contributed by atoms with E-state index in [9.17, 15) is 9.18 Å². The molecule has 1 aliphatic rings. The van der Waals surface area contributed by atoms with E-state index >= 15 is 0 Å². The number of benzene rings is 2. The molecule has 4 rings (SSSR count). The summed E-state index contributed by atoms with van der Waals surface area (Å²) in [5, 5.41) is 6.39. The summed E-state index contributed by atoms with van der Waals surface area (Å²) in [4.78, 5) is 17.0. The fourth-order valence-corrected chi connectivity index (χ4v) is 3.84. The van der Waals surface area contributed by atoms with E-state index in [1.807, 2.05) is 36.7 Å². The van der Waals surface area contributed by atoms with E-state index in [1.54, 1.807) is 6.07 Å². The highest BCUT2D eigenvalue weighted by Gasteiger charge is 2.17. The Morgan fingerprint density at radius 2 is 2.07 bits per heavy atom. The van der Waals surface area contributed by atoms with Crippen LogP contribution in [0, 0.1) is 18.7 Å². The maximum atomic E-state index is 13.5. The fraction of sp³-hybridized carbons (Fsp3) is 0.364. The molecule has 8 heteroatoms. The quantitative estimate of drug-likeness (QED) is 0.580. The Morgan fingerprint density at radius 3 is 2.80 bits per heavy atom. The average molecular weight is 453 g/mol. The van der Waals surface area contributed by atoms with Gasteiger partial charge < -0.3 is 15.2 Å². The van der Waals surface area contributed by atoms with Gasteiger partial charge in [-0.3, -0.25) is 4.79 Å². The number of anilines is 1. The summed E-state index contributed by atoms with van der Waals surface area (Å²) in [5.41, 5.74) is 4.18. The molecule has 1 aliphatic heterocycles. The number of hydrogen-bond acceptors (Lipinski definition) is 3. The first-order valence-corrected chi connectivity index (χ1v) is 9.75. The molecule has 1 amide bonds. The lowest BCUT2D eigenvalue weighted by Crippen LogP contribution is -2.15. The maximum absolute atomic E-state index is 13.5. The van der Waals surface area contributed by atoms with Crippen molar-refractivity contribution in [2.24, 2.45) is 13.0 Å². The van der Waals surface area contributed by atoms with Crippen LogP contribution in [0.3, 0.4) is 0 Å². The third-order valence-corrected chi connectivity index (χ3v) is 5.55. The first-order valence-electron chi connectivity index (χ1n) is 9.75. The zero-order valence-electron chi connectivity index (χ0n) is 17.1. The molecular formula is C22H27Cl2FN4O. The van der Waals surface area contributed by atoms with E-state index in [0.29, 0.717) is 17.9 Å². The van der Waals surface area contributed by atoms with Crippen LogP contribution in [-0.2, 0) is 11.8 Å². The lowest BCUT2D eigenvalue weighted by molar-refractivity contribution is -0.116. The third-order valence-electron chi connectivity index (χ3n) is 5.55. The minimum Gasteiger partial charge on any atom is -0.327 e. The SMILES string of the molecule is Cc1ccc(-c2nc3cc(F)ccc3n2C)cc1NC(=O)CCC1CCNC1.Cl.Cl. The van der Waals surface area contributed by atoms with E-state index in [2.05, 4.69) is 15.6 Å². The van der Waals surface area contributed by atoms with Crippen LogP contribution in [0.1, 0.15) is 24.8 Å². The molecule has 1 atom stereocenters. The largest absolute Gasteiger partial charge is 0.327 e. The number of carbonyl (C=O) groups is 1. The van der Waals surface area contributed by atoms with Gasteiger partial charge in [0.1, 0.15) is 11.6 Å². The zero-order chi connectivity index (χ0) is 19.7. The predicted molar refractivity (Wildman–Crippen MR) is 124 cm³/mol. The third kappa shape index (κ3) is 5.12. The van der Waals surface area contributed by atoms with Crippen molar-refractivity contribution in [3.8, 4) is 11.4 Å². The van der Waals surface area contributed by atoms with Gasteiger partial charge in [-0.15, -0.1) is 24.8 Å². The van der Waals surface area contributed by atoms with Crippen molar-refractivity contribution < 1.29 is 9.18 Å². The highest BCUT2D eigenvalue weighted by Crippen LogP contribution is 2.28. The zero-order valence-corrected chi connectivity index (χ0v) is 18.7. The molecule has 0 radical (unpaired) electrons. The number of hydrogen-bond donors (Lipinski definition) is 2. The summed E-state index contributed by atoms with van der Waals surface area (Å²) in [6.07, 6.45) is 2.59. The molecule has 5 nitrogen and oxygen atoms in total. The number of nitrogens with one attached hydrogen (secondary N) is 2. The summed E-state index contributed by atoms with van der Waals surface area (Å²) in [6, 6.07) is 10.5. The molecule has 0 spiro atoms. The minimum atomic E-state index is -0.300. The first kappa shape index (κ1) is 24.1. The van der Waals surface area contributed by atoms with Gasteiger partial charge in [-0.2, -0.15) is 0 Å². The van der Waals surface area contributed by atoms with Crippen molar-refractivity contribution in [1.82, 2.24) is 14.9 Å². The Labute approximate surface area is 188 Å². The van der Waals surface area contributed by atoms with Crippen LogP contribution >= 0.6 is 24.8 Å². The van der Waals surface area contributed by atoms with Gasteiger partial charge in [-0.25, -0.2) is 9.37 Å². The van der Waals surface area contributed by atoms with Crippen LogP contribution in [0.15, 0.2) is 36.4 Å². The topological polar surface area (TPSA) is 59.0 Å². The Hall–Kier alpha value is -2.15. The molecule has 0 bridgehead atoms. The van der Waals surface area contributed by atoms with Gasteiger partial charge in [-0.05, 0) is 62.5 Å². The average Bonchev–Trinajstić information content (AvgIpc) is 3.30. The first-order chi connectivity index (χ1) is 13.5. The minimum absolute atomic E-state index is 0. The highest BCUT2D eigenvalue weighted by atomic mass is 35.5. The van der Waals surface area contributed by atoms with Gasteiger partial charge in [0.2, 0.25) is 5.91 Å². The number of amides is 1. The Kier molecular flexibility index (Phi) is 8.24. The highest BCUT2D eigenvalue weighted by molar-refractivity contribution is 5.92. The molecular weight excluding hydrogens is 426 g/mol. The molecule has 0 saturated carbocycles. The lowest BCUT2D eigenvalue weighted by atomic mass is 10.0. The normalized spacial score (nSPS) is 15.5. The van der Waals surface area contributed by atoms with Gasteiger partial charge in [0.05, 0.1) is 11.0 Å². The molecule has 162 valence electrons. The second-order valence-electron chi connectivity index (χ2n) is 7.60. The molecule has 30 heavy (non-hydrogen) atoms. The van der Waals surface area contributed by atoms with Crippen molar-refractivity contribution in [1.29, 1.82) is 0 Å². The number of carbonyl (C=O) groups excluding carboxylic acids is 1. The number of halogens is 3. The van der Waals surface area contributed by atoms with Crippen LogP contribution in [0.2, 0.25) is 0 Å². The standard InChI is InChI=1S/C22H25FN4O.2ClH/c1-14-3-5-16(22-26-19-12-17(23)6-7-20(19)27(22)2)11-18(14)25-21(28)8-4-15-9-10-24-13-15;;/h3,5-7,11-12,15,24H,4,8-10,13H2,1-2H3,(H,25,28);2*1H. The number of aryl methyl sites for hydroxylation is 2. The summed E-state index contributed by atoms with van der Waals surface area (Å²) in [6.45, 7) is 4.04. The Bertz CT molecular complexity index is 1030. The Balaban J connectivity index is 0.00000160. The van der Waals surface area contributed by atoms with Gasteiger partial charge >= 0.3 is 0 Å². The Morgan fingerprint density at radius 1 is 1.27 bits per heavy atom. The monoisotopic (exact) mass is 452 g/mol. The number of rotatable bonds is 5. The molecule has 1 fully saturated rings. The number of fused-ring (bicyclic) bond motifs is 1. The number of nitrogens with zero attached hydrogens (tertiary/aromatic N) is 2. The van der Waals surface area contributed by atoms with Crippen LogP contribution in [0.25, 0.3) is 22.4 Å². The van der Waals surface area contributed by atoms with Crippen molar-refractivity contribution >= 4 is 47.4 Å². The van der Waals surface area contributed by atoms with E-state index in [4.69, 9.17) is 0 Å². The second-order valence-corrected chi connectivity index (χ2v) is 7.60. The van der Waals surface area contributed by atoms with Gasteiger partial charge in [0.15, 0.2) is 0 Å². The predicted octanol–water partition coefficient (Wildman–Crippen LogP) is 4.86. The molecule has 1 unspecified atom stereocenters. The van der Waals surface area contributed by atoms with Crippen LogP contribution in [-0.4, -0.2) is 28.5 Å².